The van der Waals surface area contributed by atoms with Gasteiger partial charge in [0, 0.05) is 37.8 Å². The maximum atomic E-state index is 13.0. The average Bonchev–Trinajstić information content (AvgIpc) is 3.16. The Balaban J connectivity index is 1.36. The number of nitrogens with one attached hydrogen (secondary N) is 1. The first-order chi connectivity index (χ1) is 17.1. The minimum atomic E-state index is -0.0391. The molecule has 1 N–H and O–H groups in total. The predicted molar refractivity (Wildman–Crippen MR) is 144 cm³/mol. The van der Waals surface area contributed by atoms with Crippen molar-refractivity contribution in [1.29, 1.82) is 0 Å². The molecule has 3 fully saturated rings. The van der Waals surface area contributed by atoms with E-state index in [4.69, 9.17) is 0 Å². The lowest BCUT2D eigenvalue weighted by molar-refractivity contribution is -0.124. The fourth-order valence-electron chi connectivity index (χ4n) is 6.92. The van der Waals surface area contributed by atoms with Crippen LogP contribution in [0.1, 0.15) is 75.0 Å². The number of carbonyl (C=O) groups excluding carboxylic acids is 1. The van der Waals surface area contributed by atoms with E-state index in [2.05, 4.69) is 71.1 Å². The van der Waals surface area contributed by atoms with Crippen LogP contribution >= 0.6 is 0 Å². The number of aryl methyl sites for hydroxylation is 1. The summed E-state index contributed by atoms with van der Waals surface area (Å²) in [6, 6.07) is 10.9. The zero-order valence-corrected chi connectivity index (χ0v) is 21.5. The second-order valence-corrected chi connectivity index (χ2v) is 11.2. The second kappa shape index (κ2) is 11.3. The zero-order valence-electron chi connectivity index (χ0n) is 21.5. The summed E-state index contributed by atoms with van der Waals surface area (Å²) in [5.74, 6) is 0.174. The second-order valence-electron chi connectivity index (χ2n) is 11.2. The molecule has 0 radical (unpaired) electrons. The number of amides is 1. The van der Waals surface area contributed by atoms with E-state index in [-0.39, 0.29) is 17.9 Å². The number of carbonyl (C=O) groups is 1. The maximum absolute atomic E-state index is 13.0. The Kier molecular flexibility index (Phi) is 7.89. The molecule has 1 aromatic carbocycles. The van der Waals surface area contributed by atoms with Gasteiger partial charge in [0.1, 0.15) is 0 Å². The average molecular weight is 474 g/mol. The summed E-state index contributed by atoms with van der Waals surface area (Å²) in [7, 11) is 0. The third-order valence-corrected chi connectivity index (χ3v) is 8.70. The number of likely N-dealkylation sites (tertiary alicyclic amines) is 1. The van der Waals surface area contributed by atoms with E-state index in [1.165, 1.54) is 55.2 Å². The molecule has 35 heavy (non-hydrogen) atoms. The largest absolute Gasteiger partial charge is 0.353 e. The first-order valence-electron chi connectivity index (χ1n) is 14.0. The van der Waals surface area contributed by atoms with Crippen LogP contribution in [0.2, 0.25) is 0 Å². The Hall–Kier alpha value is -2.17. The fourth-order valence-corrected chi connectivity index (χ4v) is 6.92. The van der Waals surface area contributed by atoms with E-state index in [0.717, 1.165) is 38.9 Å². The number of fused-ring (bicyclic) bond motifs is 2. The minimum absolute atomic E-state index is 0.0391. The van der Waals surface area contributed by atoms with Gasteiger partial charge in [-0.3, -0.25) is 14.6 Å². The van der Waals surface area contributed by atoms with Crippen molar-refractivity contribution in [3.63, 3.8) is 0 Å². The third kappa shape index (κ3) is 5.65. The van der Waals surface area contributed by atoms with Gasteiger partial charge in [-0.25, -0.2) is 0 Å². The van der Waals surface area contributed by atoms with Crippen LogP contribution in [0, 0.1) is 12.8 Å². The normalized spacial score (nSPS) is 28.8. The molecule has 0 aromatic heterocycles. The third-order valence-electron chi connectivity index (χ3n) is 8.70. The number of hydrogen-bond donors (Lipinski definition) is 1. The van der Waals surface area contributed by atoms with Gasteiger partial charge in [-0.1, -0.05) is 73.4 Å². The lowest BCUT2D eigenvalue weighted by atomic mass is 9.87. The molecule has 4 atom stereocenters. The van der Waals surface area contributed by atoms with Crippen molar-refractivity contribution in [2.24, 2.45) is 5.92 Å². The van der Waals surface area contributed by atoms with E-state index >= 15 is 0 Å². The van der Waals surface area contributed by atoms with Gasteiger partial charge in [-0.2, -0.15) is 0 Å². The highest BCUT2D eigenvalue weighted by molar-refractivity contribution is 5.81. The molecule has 4 nitrogen and oxygen atoms in total. The molecule has 2 saturated heterocycles. The van der Waals surface area contributed by atoms with E-state index in [0.29, 0.717) is 18.1 Å². The highest BCUT2D eigenvalue weighted by atomic mass is 16.1. The monoisotopic (exact) mass is 473 g/mol. The molecule has 2 aliphatic carbocycles. The molecule has 1 amide bonds. The molecular weight excluding hydrogens is 430 g/mol. The Morgan fingerprint density at radius 1 is 1.14 bits per heavy atom. The number of rotatable bonds is 7. The van der Waals surface area contributed by atoms with Crippen molar-refractivity contribution in [1.82, 2.24) is 15.1 Å². The molecule has 4 unspecified atom stereocenters. The topological polar surface area (TPSA) is 35.6 Å². The molecule has 1 aromatic rings. The van der Waals surface area contributed by atoms with Crippen molar-refractivity contribution >= 4 is 5.91 Å². The summed E-state index contributed by atoms with van der Waals surface area (Å²) in [5.41, 5.74) is 4.07. The van der Waals surface area contributed by atoms with Crippen LogP contribution in [-0.4, -0.2) is 53.5 Å². The van der Waals surface area contributed by atoms with Gasteiger partial charge in [0.25, 0.3) is 0 Å². The Labute approximate surface area is 212 Å². The predicted octanol–water partition coefficient (Wildman–Crippen LogP) is 5.71. The molecule has 2 bridgehead atoms. The minimum Gasteiger partial charge on any atom is -0.353 e. The molecule has 4 heteroatoms. The number of benzene rings is 1. The Morgan fingerprint density at radius 2 is 1.97 bits per heavy atom. The van der Waals surface area contributed by atoms with Gasteiger partial charge >= 0.3 is 0 Å². The van der Waals surface area contributed by atoms with Crippen molar-refractivity contribution in [3.8, 4) is 0 Å². The van der Waals surface area contributed by atoms with E-state index in [1.807, 2.05) is 6.08 Å². The smallest absolute Gasteiger partial charge is 0.227 e. The first kappa shape index (κ1) is 24.5. The van der Waals surface area contributed by atoms with E-state index < -0.39 is 0 Å². The van der Waals surface area contributed by atoms with Crippen molar-refractivity contribution in [2.75, 3.05) is 19.6 Å². The molecule has 5 rings (SSSR count). The van der Waals surface area contributed by atoms with Crippen LogP contribution in [-0.2, 0) is 4.79 Å². The lowest BCUT2D eigenvalue weighted by Gasteiger charge is -2.38. The molecule has 1 saturated carbocycles. The van der Waals surface area contributed by atoms with Gasteiger partial charge in [-0.05, 0) is 56.6 Å². The van der Waals surface area contributed by atoms with Crippen LogP contribution in [0.4, 0.5) is 0 Å². The summed E-state index contributed by atoms with van der Waals surface area (Å²) in [4.78, 5) is 18.4. The van der Waals surface area contributed by atoms with Crippen molar-refractivity contribution in [3.05, 3.63) is 71.8 Å². The number of hydrogen-bond acceptors (Lipinski definition) is 3. The van der Waals surface area contributed by atoms with Crippen molar-refractivity contribution < 1.29 is 4.79 Å². The Morgan fingerprint density at radius 3 is 2.71 bits per heavy atom. The zero-order chi connectivity index (χ0) is 24.2. The van der Waals surface area contributed by atoms with Gasteiger partial charge in [-0.15, -0.1) is 6.58 Å². The van der Waals surface area contributed by atoms with E-state index in [1.54, 1.807) is 0 Å². The molecule has 0 spiro atoms. The van der Waals surface area contributed by atoms with Crippen LogP contribution < -0.4 is 5.32 Å². The van der Waals surface area contributed by atoms with Crippen LogP contribution in [0.5, 0.6) is 0 Å². The summed E-state index contributed by atoms with van der Waals surface area (Å²) in [6.07, 6.45) is 19.5. The quantitative estimate of drug-likeness (QED) is 0.515. The van der Waals surface area contributed by atoms with Crippen LogP contribution in [0.15, 0.2) is 60.7 Å². The molecule has 2 aliphatic heterocycles. The highest BCUT2D eigenvalue weighted by Gasteiger charge is 2.42. The standard InChI is InChI=1S/C31H43N3O/c1-3-19-33-20-18-28-16-17-29(22-33)34(28)30(26-9-7-8-23(2)21-26)24-12-14-25(15-13-24)31(35)32-27-10-5-4-6-11-27/h3,7-9,12-14,21,25,27-30H,1,4-6,10-11,15-20,22H2,2H3,(H,32,35). The summed E-state index contributed by atoms with van der Waals surface area (Å²) >= 11 is 0. The van der Waals surface area contributed by atoms with Crippen LogP contribution in [0.25, 0.3) is 0 Å². The van der Waals surface area contributed by atoms with Gasteiger partial charge < -0.3 is 5.32 Å². The van der Waals surface area contributed by atoms with E-state index in [9.17, 15) is 4.79 Å². The van der Waals surface area contributed by atoms with Gasteiger partial charge in [0.15, 0.2) is 0 Å². The molecule has 4 aliphatic rings. The van der Waals surface area contributed by atoms with Crippen molar-refractivity contribution in [2.45, 2.75) is 88.9 Å². The summed E-state index contributed by atoms with van der Waals surface area (Å²) in [5, 5.41) is 3.34. The number of nitrogens with zero attached hydrogens (tertiary/aromatic N) is 2. The first-order valence-corrected chi connectivity index (χ1v) is 14.0. The molecular formula is C31H43N3O. The summed E-state index contributed by atoms with van der Waals surface area (Å²) < 4.78 is 0. The maximum Gasteiger partial charge on any atom is 0.227 e. The molecule has 2 heterocycles. The number of allylic oxidation sites excluding steroid dienone is 1. The van der Waals surface area contributed by atoms with Crippen LogP contribution in [0.3, 0.4) is 0 Å². The van der Waals surface area contributed by atoms with Gasteiger partial charge in [0.05, 0.1) is 12.0 Å². The SMILES string of the molecule is C=CCN1CCC2CCC(C1)N2C(C1=CCC(C(=O)NC2CCCCC2)C=C1)c1cccc(C)c1. The summed E-state index contributed by atoms with van der Waals surface area (Å²) in [6.45, 7) is 9.43. The van der Waals surface area contributed by atoms with Gasteiger partial charge in [0.2, 0.25) is 5.91 Å². The Bertz CT molecular complexity index is 960. The highest BCUT2D eigenvalue weighted by Crippen LogP contribution is 2.42. The lowest BCUT2D eigenvalue weighted by Crippen LogP contribution is -2.42. The molecule has 188 valence electrons. The fraction of sp³-hybridized carbons (Fsp3) is 0.581.